The molecular weight excluding hydrogens is 523 g/mol. The Balaban J connectivity index is 1.52. The number of carbonyl (C=O) groups excluding carboxylic acids is 2. The highest BCUT2D eigenvalue weighted by Crippen LogP contribution is 2.40. The summed E-state index contributed by atoms with van der Waals surface area (Å²) in [6.07, 6.45) is 0.986. The SMILES string of the molecule is COCCOC(=O)C1=C(C)N=C2SCCCN2C1c1ccc(NC(=O)Nc2ccc(Cl)c(Cl)c2)cc1. The largest absolute Gasteiger partial charge is 0.460 e. The number of urea groups is 1. The van der Waals surface area contributed by atoms with Gasteiger partial charge in [-0.3, -0.25) is 0 Å². The van der Waals surface area contributed by atoms with Gasteiger partial charge in [0.2, 0.25) is 0 Å². The van der Waals surface area contributed by atoms with E-state index in [0.29, 0.717) is 39.3 Å². The minimum atomic E-state index is -0.418. The number of methoxy groups -OCH3 is 1. The number of carbonyl (C=O) groups is 2. The first-order valence-corrected chi connectivity index (χ1v) is 13.1. The zero-order chi connectivity index (χ0) is 25.7. The number of aliphatic imine (C=N–C) groups is 1. The van der Waals surface area contributed by atoms with E-state index in [9.17, 15) is 9.59 Å². The molecule has 4 rings (SSSR count). The van der Waals surface area contributed by atoms with Crippen molar-refractivity contribution < 1.29 is 19.1 Å². The number of esters is 1. The molecule has 190 valence electrons. The number of halogens is 2. The highest BCUT2D eigenvalue weighted by molar-refractivity contribution is 8.13. The molecular formula is C25H26Cl2N4O4S. The first kappa shape index (κ1) is 26.3. The smallest absolute Gasteiger partial charge is 0.338 e. The van der Waals surface area contributed by atoms with Crippen molar-refractivity contribution in [2.24, 2.45) is 4.99 Å². The molecule has 1 saturated heterocycles. The average molecular weight is 549 g/mol. The highest BCUT2D eigenvalue weighted by atomic mass is 35.5. The first-order chi connectivity index (χ1) is 17.4. The maximum atomic E-state index is 13.1. The molecule has 8 nitrogen and oxygen atoms in total. The highest BCUT2D eigenvalue weighted by Gasteiger charge is 2.37. The Hall–Kier alpha value is -2.72. The van der Waals surface area contributed by atoms with Crippen molar-refractivity contribution in [2.45, 2.75) is 19.4 Å². The number of nitrogens with zero attached hydrogens (tertiary/aromatic N) is 2. The Morgan fingerprint density at radius 1 is 1.08 bits per heavy atom. The minimum absolute atomic E-state index is 0.168. The molecule has 2 aromatic carbocycles. The normalized spacial score (nSPS) is 17.3. The minimum Gasteiger partial charge on any atom is -0.460 e. The third kappa shape index (κ3) is 6.15. The van der Waals surface area contributed by atoms with Gasteiger partial charge in [-0.05, 0) is 49.2 Å². The molecule has 2 aliphatic rings. The summed E-state index contributed by atoms with van der Waals surface area (Å²) in [6.45, 7) is 3.11. The van der Waals surface area contributed by atoms with Gasteiger partial charge in [0.15, 0.2) is 5.17 Å². The number of fused-ring (bicyclic) bond motifs is 1. The number of anilines is 2. The second-order valence-corrected chi connectivity index (χ2v) is 10.0. The number of hydrogen-bond acceptors (Lipinski definition) is 7. The number of amides is 2. The summed E-state index contributed by atoms with van der Waals surface area (Å²) in [6, 6.07) is 11.5. The van der Waals surface area contributed by atoms with Crippen LogP contribution in [0.4, 0.5) is 16.2 Å². The van der Waals surface area contributed by atoms with Crippen LogP contribution in [0.2, 0.25) is 10.0 Å². The Morgan fingerprint density at radius 3 is 2.53 bits per heavy atom. The van der Waals surface area contributed by atoms with Gasteiger partial charge in [-0.15, -0.1) is 0 Å². The van der Waals surface area contributed by atoms with Gasteiger partial charge in [0, 0.05) is 30.8 Å². The third-order valence-corrected chi connectivity index (χ3v) is 7.48. The molecule has 0 bridgehead atoms. The molecule has 0 aromatic heterocycles. The van der Waals surface area contributed by atoms with E-state index in [0.717, 1.165) is 29.4 Å². The summed E-state index contributed by atoms with van der Waals surface area (Å²) in [5.41, 5.74) is 3.17. The number of amidine groups is 1. The zero-order valence-corrected chi connectivity index (χ0v) is 22.2. The lowest BCUT2D eigenvalue weighted by molar-refractivity contribution is -0.141. The van der Waals surface area contributed by atoms with Gasteiger partial charge in [0.05, 0.1) is 34.0 Å². The van der Waals surface area contributed by atoms with E-state index in [1.54, 1.807) is 49.2 Å². The fraction of sp³-hybridized carbons (Fsp3) is 0.320. The van der Waals surface area contributed by atoms with Crippen molar-refractivity contribution >= 4 is 63.5 Å². The lowest BCUT2D eigenvalue weighted by atomic mass is 9.94. The lowest BCUT2D eigenvalue weighted by Gasteiger charge is -2.40. The molecule has 1 atom stereocenters. The van der Waals surface area contributed by atoms with Gasteiger partial charge < -0.3 is 25.0 Å². The molecule has 11 heteroatoms. The molecule has 1 fully saturated rings. The van der Waals surface area contributed by atoms with Crippen molar-refractivity contribution in [3.8, 4) is 0 Å². The Kier molecular flexibility index (Phi) is 8.79. The van der Waals surface area contributed by atoms with Crippen LogP contribution in [-0.4, -0.2) is 54.7 Å². The van der Waals surface area contributed by atoms with Crippen molar-refractivity contribution in [2.75, 3.05) is 43.3 Å². The summed E-state index contributed by atoms with van der Waals surface area (Å²) in [5, 5.41) is 7.19. The van der Waals surface area contributed by atoms with Crippen molar-refractivity contribution in [1.29, 1.82) is 0 Å². The molecule has 1 unspecified atom stereocenters. The standard InChI is InChI=1S/C25H26Cl2N4O4S/c1-15-21(23(32)35-12-11-34-2)22(31-10-3-13-36-25(31)28-15)16-4-6-17(7-5-16)29-24(33)30-18-8-9-19(26)20(27)14-18/h4-9,14,22H,3,10-13H2,1-2H3,(H2,29,30,33). The third-order valence-electron chi connectivity index (χ3n) is 5.66. The molecule has 2 aromatic rings. The van der Waals surface area contributed by atoms with Crippen LogP contribution in [0.1, 0.15) is 24.9 Å². The topological polar surface area (TPSA) is 92.3 Å². The predicted molar refractivity (Wildman–Crippen MR) is 145 cm³/mol. The second-order valence-electron chi connectivity index (χ2n) is 8.15. The molecule has 2 aliphatic heterocycles. The first-order valence-electron chi connectivity index (χ1n) is 11.4. The van der Waals surface area contributed by atoms with Crippen LogP contribution in [0, 0.1) is 0 Å². The lowest BCUT2D eigenvalue weighted by Crippen LogP contribution is -2.42. The Bertz CT molecular complexity index is 1200. The number of thioether (sulfide) groups is 1. The number of nitrogens with one attached hydrogen (secondary N) is 2. The van der Waals surface area contributed by atoms with Crippen molar-refractivity contribution in [1.82, 2.24) is 4.90 Å². The molecule has 0 spiro atoms. The van der Waals surface area contributed by atoms with Crippen LogP contribution < -0.4 is 10.6 Å². The molecule has 0 aliphatic carbocycles. The molecule has 0 saturated carbocycles. The van der Waals surface area contributed by atoms with Gasteiger partial charge >= 0.3 is 12.0 Å². The van der Waals surface area contributed by atoms with Crippen LogP contribution in [-0.2, 0) is 14.3 Å². The maximum absolute atomic E-state index is 13.1. The molecule has 2 amide bonds. The summed E-state index contributed by atoms with van der Waals surface area (Å²) < 4.78 is 10.5. The fourth-order valence-electron chi connectivity index (χ4n) is 3.99. The van der Waals surface area contributed by atoms with Gasteiger partial charge in [0.25, 0.3) is 0 Å². The zero-order valence-electron chi connectivity index (χ0n) is 19.8. The summed E-state index contributed by atoms with van der Waals surface area (Å²) in [7, 11) is 1.56. The van der Waals surface area contributed by atoms with Gasteiger partial charge in [-0.2, -0.15) is 0 Å². The monoisotopic (exact) mass is 548 g/mol. The van der Waals surface area contributed by atoms with Crippen LogP contribution in [0.25, 0.3) is 0 Å². The van der Waals surface area contributed by atoms with Gasteiger partial charge in [-0.1, -0.05) is 47.1 Å². The number of ether oxygens (including phenoxy) is 2. The van der Waals surface area contributed by atoms with E-state index in [2.05, 4.69) is 20.5 Å². The number of hydrogen-bond donors (Lipinski definition) is 2. The second kappa shape index (κ2) is 12.0. The summed E-state index contributed by atoms with van der Waals surface area (Å²) >= 11 is 13.6. The number of allylic oxidation sites excluding steroid dienone is 1. The summed E-state index contributed by atoms with van der Waals surface area (Å²) in [4.78, 5) is 32.3. The Morgan fingerprint density at radius 2 is 1.81 bits per heavy atom. The van der Waals surface area contributed by atoms with Crippen LogP contribution in [0.3, 0.4) is 0 Å². The fourth-order valence-corrected chi connectivity index (χ4v) is 5.31. The van der Waals surface area contributed by atoms with E-state index < -0.39 is 12.0 Å². The van der Waals surface area contributed by atoms with Gasteiger partial charge in [0.1, 0.15) is 6.61 Å². The molecule has 2 N–H and O–H groups in total. The predicted octanol–water partition coefficient (Wildman–Crippen LogP) is 5.95. The van der Waals surface area contributed by atoms with Crippen molar-refractivity contribution in [3.05, 3.63) is 69.3 Å². The maximum Gasteiger partial charge on any atom is 0.338 e. The molecule has 36 heavy (non-hydrogen) atoms. The Labute approximate surface area is 224 Å². The van der Waals surface area contributed by atoms with Crippen LogP contribution in [0.15, 0.2) is 58.7 Å². The van der Waals surface area contributed by atoms with Crippen molar-refractivity contribution in [3.63, 3.8) is 0 Å². The van der Waals surface area contributed by atoms with E-state index in [1.165, 1.54) is 0 Å². The van der Waals surface area contributed by atoms with Crippen LogP contribution >= 0.6 is 35.0 Å². The van der Waals surface area contributed by atoms with Crippen LogP contribution in [0.5, 0.6) is 0 Å². The van der Waals surface area contributed by atoms with E-state index in [-0.39, 0.29) is 12.6 Å². The van der Waals surface area contributed by atoms with E-state index in [1.807, 2.05) is 19.1 Å². The quantitative estimate of drug-likeness (QED) is 0.328. The summed E-state index contributed by atoms with van der Waals surface area (Å²) in [5.74, 6) is 0.580. The van der Waals surface area contributed by atoms with E-state index in [4.69, 9.17) is 32.7 Å². The van der Waals surface area contributed by atoms with Gasteiger partial charge in [-0.25, -0.2) is 14.6 Å². The number of rotatable bonds is 7. The molecule has 2 heterocycles. The number of benzene rings is 2. The van der Waals surface area contributed by atoms with E-state index >= 15 is 0 Å². The molecule has 0 radical (unpaired) electrons. The average Bonchev–Trinajstić information content (AvgIpc) is 2.86.